The van der Waals surface area contributed by atoms with Gasteiger partial charge in [-0.1, -0.05) is 269 Å². The Hall–Kier alpha value is -4.71. The number of carbonyl (C=O) groups excluding carboxylic acids is 3. The lowest BCUT2D eigenvalue weighted by molar-refractivity contribution is -0.167. The third-order valence-corrected chi connectivity index (χ3v) is 10.4. The topological polar surface area (TPSA) is 78.9 Å². The summed E-state index contributed by atoms with van der Waals surface area (Å²) < 4.78 is 16.7. The molecule has 1 unspecified atom stereocenters. The average molecular weight is 909 g/mol. The zero-order valence-corrected chi connectivity index (χ0v) is 41.9. The third kappa shape index (κ3) is 50.3. The molecular weight excluding hydrogens is 817 g/mol. The van der Waals surface area contributed by atoms with Gasteiger partial charge in [-0.15, -0.1) is 0 Å². The van der Waals surface area contributed by atoms with Crippen molar-refractivity contribution in [2.24, 2.45) is 0 Å². The second-order valence-corrected chi connectivity index (χ2v) is 16.6. The van der Waals surface area contributed by atoms with E-state index >= 15 is 0 Å². The highest BCUT2D eigenvalue weighted by Crippen LogP contribution is 2.15. The highest BCUT2D eigenvalue weighted by molar-refractivity contribution is 5.71. The Morgan fingerprint density at radius 3 is 0.985 bits per heavy atom. The van der Waals surface area contributed by atoms with Gasteiger partial charge in [0.15, 0.2) is 6.10 Å². The molecule has 0 aromatic heterocycles. The van der Waals surface area contributed by atoms with Crippen LogP contribution in [0.2, 0.25) is 0 Å². The lowest BCUT2D eigenvalue weighted by atomic mass is 10.0. The molecule has 0 aliphatic rings. The zero-order valence-electron chi connectivity index (χ0n) is 41.9. The molecule has 0 aromatic rings. The largest absolute Gasteiger partial charge is 0.462 e. The lowest BCUT2D eigenvalue weighted by Crippen LogP contribution is -2.30. The molecule has 1 atom stereocenters. The van der Waals surface area contributed by atoms with Crippen molar-refractivity contribution in [1.29, 1.82) is 0 Å². The van der Waals surface area contributed by atoms with Crippen molar-refractivity contribution in [3.05, 3.63) is 146 Å². The highest BCUT2D eigenvalue weighted by atomic mass is 16.6. The molecule has 0 rings (SSSR count). The number of hydrogen-bond acceptors (Lipinski definition) is 6. The van der Waals surface area contributed by atoms with Crippen molar-refractivity contribution in [3.8, 4) is 0 Å². The monoisotopic (exact) mass is 909 g/mol. The molecule has 0 aliphatic carbocycles. The van der Waals surface area contributed by atoms with Gasteiger partial charge in [-0.25, -0.2) is 0 Å². The summed E-state index contributed by atoms with van der Waals surface area (Å²) >= 11 is 0. The molecule has 0 heterocycles. The van der Waals surface area contributed by atoms with Crippen LogP contribution in [0.15, 0.2) is 146 Å². The van der Waals surface area contributed by atoms with E-state index in [0.717, 1.165) is 57.8 Å². The Morgan fingerprint density at radius 1 is 0.318 bits per heavy atom. The predicted octanol–water partition coefficient (Wildman–Crippen LogP) is 17.3. The van der Waals surface area contributed by atoms with Crippen LogP contribution in [0.5, 0.6) is 0 Å². The molecule has 368 valence electrons. The van der Waals surface area contributed by atoms with Gasteiger partial charge in [-0.05, 0) is 51.4 Å². The van der Waals surface area contributed by atoms with Crippen LogP contribution in [0.1, 0.15) is 194 Å². The van der Waals surface area contributed by atoms with Gasteiger partial charge in [0.1, 0.15) is 13.2 Å². The van der Waals surface area contributed by atoms with E-state index < -0.39 is 6.10 Å². The minimum Gasteiger partial charge on any atom is -0.462 e. The van der Waals surface area contributed by atoms with E-state index in [2.05, 4.69) is 39.0 Å². The van der Waals surface area contributed by atoms with Crippen LogP contribution < -0.4 is 0 Å². The number of rotatable bonds is 44. The van der Waals surface area contributed by atoms with Crippen LogP contribution >= 0.6 is 0 Å². The van der Waals surface area contributed by atoms with Crippen molar-refractivity contribution < 1.29 is 28.6 Å². The van der Waals surface area contributed by atoms with Gasteiger partial charge >= 0.3 is 17.9 Å². The fraction of sp³-hybridized carbons (Fsp3) is 0.550. The minimum atomic E-state index is -0.830. The Bertz CT molecular complexity index is 1510. The quantitative estimate of drug-likeness (QED) is 0.0262. The Morgan fingerprint density at radius 2 is 0.606 bits per heavy atom. The highest BCUT2D eigenvalue weighted by Gasteiger charge is 2.19. The zero-order chi connectivity index (χ0) is 47.9. The van der Waals surface area contributed by atoms with Crippen molar-refractivity contribution in [2.75, 3.05) is 13.2 Å². The minimum absolute atomic E-state index is 0.129. The third-order valence-electron chi connectivity index (χ3n) is 10.4. The molecule has 0 saturated carbocycles. The van der Waals surface area contributed by atoms with Crippen molar-refractivity contribution >= 4 is 17.9 Å². The summed E-state index contributed by atoms with van der Waals surface area (Å²) in [6.07, 6.45) is 75.5. The standard InChI is InChI=1S/C60H92O6/c1-4-7-10-13-16-19-22-25-27-29-30-31-33-35-38-41-44-47-50-53-59(62)65-56-57(55-64-58(61)52-49-46-43-40-37-34-24-21-18-15-12-9-6-3)66-60(63)54-51-48-45-42-39-36-32-28-26-23-20-17-14-11-8-5-2/h7,9-10,12-13,15-16,18-19,21-22,24-25,27,29-31,33-35,37-38,40,43,57H,4-6,8,11,14,17,20,23,26,28,32,36,39,41-42,44-56H2,1-3H3/b10-7-,12-9-,16-13-,18-15-,22-19-,24-21-,27-25-,30-29+,33-31-,37-34-,38-35-,43-40-. The van der Waals surface area contributed by atoms with Crippen LogP contribution in [0.4, 0.5) is 0 Å². The van der Waals surface area contributed by atoms with Crippen LogP contribution in [-0.2, 0) is 28.6 Å². The van der Waals surface area contributed by atoms with Crippen LogP contribution in [-0.4, -0.2) is 37.2 Å². The van der Waals surface area contributed by atoms with Gasteiger partial charge in [0.2, 0.25) is 0 Å². The first-order valence-corrected chi connectivity index (χ1v) is 26.0. The summed E-state index contributed by atoms with van der Waals surface area (Å²) in [5.74, 6) is -1.05. The van der Waals surface area contributed by atoms with Crippen LogP contribution in [0.3, 0.4) is 0 Å². The number of hydrogen-bond donors (Lipinski definition) is 0. The van der Waals surface area contributed by atoms with Crippen LogP contribution in [0, 0.1) is 0 Å². The first kappa shape index (κ1) is 61.3. The summed E-state index contributed by atoms with van der Waals surface area (Å²) in [4.78, 5) is 38.0. The molecule has 6 nitrogen and oxygen atoms in total. The molecule has 0 fully saturated rings. The average Bonchev–Trinajstić information content (AvgIpc) is 3.31. The maximum absolute atomic E-state index is 12.8. The van der Waals surface area contributed by atoms with Crippen molar-refractivity contribution in [3.63, 3.8) is 0 Å². The van der Waals surface area contributed by atoms with Gasteiger partial charge in [-0.2, -0.15) is 0 Å². The van der Waals surface area contributed by atoms with E-state index in [4.69, 9.17) is 14.2 Å². The normalized spacial score (nSPS) is 13.3. The number of esters is 3. The van der Waals surface area contributed by atoms with Crippen molar-refractivity contribution in [1.82, 2.24) is 0 Å². The molecule has 0 saturated heterocycles. The van der Waals surface area contributed by atoms with Gasteiger partial charge in [0.05, 0.1) is 0 Å². The summed E-state index contributed by atoms with van der Waals surface area (Å²) in [6.45, 7) is 6.23. The molecule has 66 heavy (non-hydrogen) atoms. The van der Waals surface area contributed by atoms with E-state index in [1.54, 1.807) is 0 Å². The van der Waals surface area contributed by atoms with E-state index in [0.29, 0.717) is 19.3 Å². The van der Waals surface area contributed by atoms with Gasteiger partial charge in [0, 0.05) is 19.3 Å². The predicted molar refractivity (Wildman–Crippen MR) is 283 cm³/mol. The maximum Gasteiger partial charge on any atom is 0.306 e. The molecule has 0 bridgehead atoms. The van der Waals surface area contributed by atoms with Gasteiger partial charge in [0.25, 0.3) is 0 Å². The number of carbonyl (C=O) groups is 3. The Labute approximate surface area is 404 Å². The fourth-order valence-electron chi connectivity index (χ4n) is 6.57. The van der Waals surface area contributed by atoms with E-state index in [9.17, 15) is 14.4 Å². The lowest BCUT2D eigenvalue weighted by Gasteiger charge is -2.18. The molecule has 0 aliphatic heterocycles. The molecule has 0 aromatic carbocycles. The summed E-state index contributed by atoms with van der Waals surface area (Å²) in [6, 6.07) is 0. The molecular formula is C60H92O6. The number of allylic oxidation sites excluding steroid dienone is 24. The molecule has 0 amide bonds. The van der Waals surface area contributed by atoms with Crippen LogP contribution in [0.25, 0.3) is 0 Å². The van der Waals surface area contributed by atoms with Gasteiger partial charge in [-0.3, -0.25) is 14.4 Å². The second-order valence-electron chi connectivity index (χ2n) is 16.6. The van der Waals surface area contributed by atoms with Crippen molar-refractivity contribution in [2.45, 2.75) is 200 Å². The first-order valence-electron chi connectivity index (χ1n) is 26.0. The number of ether oxygens (including phenoxy) is 3. The first-order chi connectivity index (χ1) is 32.5. The maximum atomic E-state index is 12.8. The summed E-state index contributed by atoms with van der Waals surface area (Å²) in [7, 11) is 0. The smallest absolute Gasteiger partial charge is 0.306 e. The molecule has 0 N–H and O–H groups in total. The van der Waals surface area contributed by atoms with E-state index in [1.165, 1.54) is 83.5 Å². The number of unbranched alkanes of at least 4 members (excludes halogenated alkanes) is 19. The fourth-order valence-corrected chi connectivity index (χ4v) is 6.57. The summed E-state index contributed by atoms with van der Waals surface area (Å²) in [5, 5.41) is 0. The molecule has 0 spiro atoms. The SMILES string of the molecule is CC\C=C/C=C\C=C/C=C\C=C/CCCC(=O)OCC(COC(=O)CCCCC\C=C/C=C\C=C\C=C/C=C\C=C/C=C\CC)OC(=O)CCCCCCCCCCCCCCCCCC. The second kappa shape index (κ2) is 52.9. The Kier molecular flexibility index (Phi) is 49.1. The Balaban J connectivity index is 4.59. The molecule has 6 heteroatoms. The van der Waals surface area contributed by atoms with E-state index in [1.807, 2.05) is 128 Å². The summed E-state index contributed by atoms with van der Waals surface area (Å²) in [5.41, 5.74) is 0. The van der Waals surface area contributed by atoms with E-state index in [-0.39, 0.29) is 44.0 Å². The molecule has 0 radical (unpaired) electrons. The van der Waals surface area contributed by atoms with Gasteiger partial charge < -0.3 is 14.2 Å².